The number of halogens is 2. The number of benzene rings is 1. The van der Waals surface area contributed by atoms with E-state index < -0.39 is 12.1 Å². The summed E-state index contributed by atoms with van der Waals surface area (Å²) >= 11 is 9.57. The van der Waals surface area contributed by atoms with E-state index >= 15 is 0 Å². The second kappa shape index (κ2) is 6.37. The number of β-amino-alcohol motifs (C(OH)–C–C–N with tert-alkyl or cyclic N) is 1. The molecule has 1 fully saturated rings. The fraction of sp³-hybridized carbons (Fsp3) is 0.286. The molecule has 116 valence electrons. The normalized spacial score (nSPS) is 21.0. The molecule has 0 bridgehead atoms. The van der Waals surface area contributed by atoms with E-state index in [1.54, 1.807) is 12.1 Å². The first-order chi connectivity index (χ1) is 10.5. The topological polar surface area (TPSA) is 90.0 Å². The summed E-state index contributed by atoms with van der Waals surface area (Å²) in [7, 11) is 0. The molecule has 2 aromatic rings. The minimum absolute atomic E-state index is 0.213. The van der Waals surface area contributed by atoms with Crippen molar-refractivity contribution in [3.8, 4) is 11.3 Å². The van der Waals surface area contributed by atoms with Gasteiger partial charge in [0.25, 0.3) is 0 Å². The molecule has 22 heavy (non-hydrogen) atoms. The number of aromatic amines is 1. The van der Waals surface area contributed by atoms with Crippen LogP contribution in [0.4, 0.5) is 5.82 Å². The van der Waals surface area contributed by atoms with Crippen LogP contribution in [-0.2, 0) is 4.79 Å². The predicted molar refractivity (Wildman–Crippen MR) is 87.8 cm³/mol. The Morgan fingerprint density at radius 3 is 3.00 bits per heavy atom. The first-order valence-corrected chi connectivity index (χ1v) is 7.93. The highest BCUT2D eigenvalue weighted by atomic mass is 79.9. The average molecular weight is 386 g/mol. The molecule has 4 N–H and O–H groups in total. The van der Waals surface area contributed by atoms with Gasteiger partial charge in [0.05, 0.1) is 22.9 Å². The zero-order chi connectivity index (χ0) is 15.7. The van der Waals surface area contributed by atoms with Gasteiger partial charge in [0.2, 0.25) is 5.91 Å². The minimum Gasteiger partial charge on any atom is -0.392 e. The standard InChI is InChI=1S/C14H14BrClN4O2/c15-7-1-2-10(16)9(3-7)11-5-13(20-19-11)18-14(22)12-4-8(21)6-17-12/h1-3,5,8,12,17,21H,4,6H2,(H2,18,19,20,22). The third kappa shape index (κ3) is 3.33. The van der Waals surface area contributed by atoms with Crippen molar-refractivity contribution < 1.29 is 9.90 Å². The number of nitrogens with zero attached hydrogens (tertiary/aromatic N) is 1. The van der Waals surface area contributed by atoms with Crippen LogP contribution in [0.2, 0.25) is 5.02 Å². The van der Waals surface area contributed by atoms with Gasteiger partial charge in [-0.15, -0.1) is 0 Å². The quantitative estimate of drug-likeness (QED) is 0.652. The van der Waals surface area contributed by atoms with Crippen LogP contribution in [0.5, 0.6) is 0 Å². The van der Waals surface area contributed by atoms with Crippen LogP contribution in [0, 0.1) is 0 Å². The summed E-state index contributed by atoms with van der Waals surface area (Å²) in [6.45, 7) is 0.428. The van der Waals surface area contributed by atoms with Crippen LogP contribution in [0.25, 0.3) is 11.3 Å². The molecule has 2 unspecified atom stereocenters. The van der Waals surface area contributed by atoms with Crippen molar-refractivity contribution in [1.29, 1.82) is 0 Å². The fourth-order valence-electron chi connectivity index (χ4n) is 2.36. The second-order valence-corrected chi connectivity index (χ2v) is 6.45. The number of rotatable bonds is 3. The SMILES string of the molecule is O=C(Nc1cc(-c2cc(Br)ccc2Cl)[nH]n1)C1CC(O)CN1. The van der Waals surface area contributed by atoms with Gasteiger partial charge in [0.15, 0.2) is 5.82 Å². The van der Waals surface area contributed by atoms with E-state index in [-0.39, 0.29) is 5.91 Å². The molecule has 0 spiro atoms. The molecule has 1 amide bonds. The summed E-state index contributed by atoms with van der Waals surface area (Å²) in [6, 6.07) is 6.82. The Labute approximate surface area is 140 Å². The maximum atomic E-state index is 12.1. The number of amides is 1. The maximum Gasteiger partial charge on any atom is 0.242 e. The van der Waals surface area contributed by atoms with Gasteiger partial charge in [-0.05, 0) is 24.6 Å². The third-order valence-electron chi connectivity index (χ3n) is 3.47. The van der Waals surface area contributed by atoms with Gasteiger partial charge >= 0.3 is 0 Å². The summed E-state index contributed by atoms with van der Waals surface area (Å²) in [5, 5.41) is 22.6. The molecular weight excluding hydrogens is 372 g/mol. The number of H-pyrrole nitrogens is 1. The molecule has 1 saturated heterocycles. The lowest BCUT2D eigenvalue weighted by Gasteiger charge is -2.08. The van der Waals surface area contributed by atoms with Crippen molar-refractivity contribution in [2.24, 2.45) is 0 Å². The third-order valence-corrected chi connectivity index (χ3v) is 4.29. The Morgan fingerprint density at radius 2 is 2.27 bits per heavy atom. The highest BCUT2D eigenvalue weighted by Gasteiger charge is 2.28. The Kier molecular flexibility index (Phi) is 4.49. The summed E-state index contributed by atoms with van der Waals surface area (Å²) in [6.07, 6.45) is -0.0772. The van der Waals surface area contributed by atoms with Gasteiger partial charge in [-0.2, -0.15) is 5.10 Å². The molecule has 1 aromatic carbocycles. The minimum atomic E-state index is -0.481. The Bertz CT molecular complexity index is 706. The van der Waals surface area contributed by atoms with Crippen molar-refractivity contribution in [2.75, 3.05) is 11.9 Å². The van der Waals surface area contributed by atoms with Gasteiger partial charge in [-0.25, -0.2) is 0 Å². The van der Waals surface area contributed by atoms with E-state index in [9.17, 15) is 9.90 Å². The summed E-state index contributed by atoms with van der Waals surface area (Å²) in [4.78, 5) is 12.1. The molecule has 1 aliphatic heterocycles. The number of hydrogen-bond acceptors (Lipinski definition) is 4. The van der Waals surface area contributed by atoms with Crippen LogP contribution in [-0.4, -0.2) is 39.9 Å². The number of aliphatic hydroxyl groups is 1. The van der Waals surface area contributed by atoms with Gasteiger partial charge in [-0.1, -0.05) is 27.5 Å². The van der Waals surface area contributed by atoms with Crippen LogP contribution in [0.1, 0.15) is 6.42 Å². The zero-order valence-electron chi connectivity index (χ0n) is 11.4. The van der Waals surface area contributed by atoms with Crippen molar-refractivity contribution in [3.05, 3.63) is 33.8 Å². The van der Waals surface area contributed by atoms with Crippen LogP contribution >= 0.6 is 27.5 Å². The number of hydrogen-bond donors (Lipinski definition) is 4. The lowest BCUT2D eigenvalue weighted by Crippen LogP contribution is -2.35. The van der Waals surface area contributed by atoms with E-state index in [1.165, 1.54) is 0 Å². The second-order valence-electron chi connectivity index (χ2n) is 5.13. The number of nitrogens with one attached hydrogen (secondary N) is 3. The molecule has 0 radical (unpaired) electrons. The molecule has 1 aliphatic rings. The molecule has 2 atom stereocenters. The average Bonchev–Trinajstić information content (AvgIpc) is 3.11. The van der Waals surface area contributed by atoms with Crippen molar-refractivity contribution >= 4 is 39.3 Å². The molecule has 6 nitrogen and oxygen atoms in total. The van der Waals surface area contributed by atoms with E-state index in [1.807, 2.05) is 12.1 Å². The van der Waals surface area contributed by atoms with E-state index in [2.05, 4.69) is 36.8 Å². The van der Waals surface area contributed by atoms with Gasteiger partial charge < -0.3 is 15.7 Å². The zero-order valence-corrected chi connectivity index (χ0v) is 13.8. The monoisotopic (exact) mass is 384 g/mol. The molecule has 2 heterocycles. The Morgan fingerprint density at radius 1 is 1.45 bits per heavy atom. The number of carbonyl (C=O) groups excluding carboxylic acids is 1. The number of anilines is 1. The van der Waals surface area contributed by atoms with Crippen LogP contribution in [0.3, 0.4) is 0 Å². The van der Waals surface area contributed by atoms with Crippen molar-refractivity contribution in [3.63, 3.8) is 0 Å². The van der Waals surface area contributed by atoms with Gasteiger partial charge in [0.1, 0.15) is 0 Å². The largest absolute Gasteiger partial charge is 0.392 e. The lowest BCUT2D eigenvalue weighted by atomic mass is 10.1. The number of aromatic nitrogens is 2. The number of aliphatic hydroxyl groups excluding tert-OH is 1. The first-order valence-electron chi connectivity index (χ1n) is 6.76. The Balaban J connectivity index is 1.74. The molecule has 3 rings (SSSR count). The molecule has 1 aromatic heterocycles. The summed E-state index contributed by atoms with van der Waals surface area (Å²) < 4.78 is 0.899. The predicted octanol–water partition coefficient (Wildman–Crippen LogP) is 2.15. The van der Waals surface area contributed by atoms with E-state index in [0.29, 0.717) is 29.5 Å². The first kappa shape index (κ1) is 15.5. The van der Waals surface area contributed by atoms with Crippen LogP contribution < -0.4 is 10.6 Å². The van der Waals surface area contributed by atoms with Crippen molar-refractivity contribution in [2.45, 2.75) is 18.6 Å². The van der Waals surface area contributed by atoms with Gasteiger partial charge in [-0.3, -0.25) is 9.89 Å². The number of carbonyl (C=O) groups is 1. The summed E-state index contributed by atoms with van der Waals surface area (Å²) in [5.41, 5.74) is 1.50. The fourth-order valence-corrected chi connectivity index (χ4v) is 2.94. The maximum absolute atomic E-state index is 12.1. The molecule has 8 heteroatoms. The highest BCUT2D eigenvalue weighted by Crippen LogP contribution is 2.30. The summed E-state index contributed by atoms with van der Waals surface area (Å²) in [5.74, 6) is 0.203. The smallest absolute Gasteiger partial charge is 0.242 e. The van der Waals surface area contributed by atoms with Gasteiger partial charge in [0, 0.05) is 22.6 Å². The Hall–Kier alpha value is -1.41. The highest BCUT2D eigenvalue weighted by molar-refractivity contribution is 9.10. The molecule has 0 aliphatic carbocycles. The molecule has 0 saturated carbocycles. The van der Waals surface area contributed by atoms with Crippen LogP contribution in [0.15, 0.2) is 28.7 Å². The lowest BCUT2D eigenvalue weighted by molar-refractivity contribution is -0.118. The van der Waals surface area contributed by atoms with Crippen molar-refractivity contribution in [1.82, 2.24) is 15.5 Å². The molecular formula is C14H14BrClN4O2. The van der Waals surface area contributed by atoms with E-state index in [0.717, 1.165) is 10.0 Å². The van der Waals surface area contributed by atoms with E-state index in [4.69, 9.17) is 11.6 Å².